The summed E-state index contributed by atoms with van der Waals surface area (Å²) < 4.78 is 10.6. The molecule has 1 saturated heterocycles. The number of ether oxygens (including phenoxy) is 2. The molecule has 1 aliphatic rings. The third-order valence-corrected chi connectivity index (χ3v) is 3.79. The molecule has 1 fully saturated rings. The summed E-state index contributed by atoms with van der Waals surface area (Å²) in [6.07, 6.45) is 2.94. The van der Waals surface area contributed by atoms with Crippen LogP contribution in [0, 0.1) is 0 Å². The first-order valence-corrected chi connectivity index (χ1v) is 7.73. The number of H-pyrrole nitrogens is 1. The lowest BCUT2D eigenvalue weighted by Gasteiger charge is -2.22. The molecule has 3 rings (SSSR count). The highest BCUT2D eigenvalue weighted by Gasteiger charge is 2.20. The van der Waals surface area contributed by atoms with Crippen LogP contribution in [0.2, 0.25) is 0 Å². The van der Waals surface area contributed by atoms with Crippen molar-refractivity contribution in [2.45, 2.75) is 25.8 Å². The summed E-state index contributed by atoms with van der Waals surface area (Å²) in [5.74, 6) is -0.0175. The molecule has 7 nitrogen and oxygen atoms in total. The zero-order chi connectivity index (χ0) is 16.2. The second kappa shape index (κ2) is 6.78. The van der Waals surface area contributed by atoms with Crippen LogP contribution in [0.15, 0.2) is 23.1 Å². The van der Waals surface area contributed by atoms with Crippen molar-refractivity contribution in [1.29, 1.82) is 0 Å². The number of hydrogen-bond acceptors (Lipinski definition) is 5. The van der Waals surface area contributed by atoms with Crippen LogP contribution in [0.1, 0.15) is 30.1 Å². The monoisotopic (exact) mass is 317 g/mol. The van der Waals surface area contributed by atoms with Gasteiger partial charge in [-0.25, -0.2) is 4.98 Å². The number of hydrogen-bond donors (Lipinski definition) is 2. The minimum Gasteiger partial charge on any atom is -0.478 e. The molecular weight excluding hydrogens is 298 g/mol. The highest BCUT2D eigenvalue weighted by atomic mass is 16.5. The Morgan fingerprint density at radius 3 is 2.96 bits per heavy atom. The maximum atomic E-state index is 12.5. The number of carbonyl (C=O) groups excluding carboxylic acids is 1. The summed E-state index contributed by atoms with van der Waals surface area (Å²) in [5, 5.41) is 2.88. The van der Waals surface area contributed by atoms with Gasteiger partial charge in [0.25, 0.3) is 5.91 Å². The minimum absolute atomic E-state index is 0.0362. The molecule has 0 atom stereocenters. The van der Waals surface area contributed by atoms with Crippen LogP contribution in [-0.4, -0.2) is 41.7 Å². The van der Waals surface area contributed by atoms with Gasteiger partial charge < -0.3 is 19.8 Å². The van der Waals surface area contributed by atoms with E-state index in [1.807, 2.05) is 6.92 Å². The number of carbonyl (C=O) groups is 1. The molecule has 2 N–H and O–H groups in total. The van der Waals surface area contributed by atoms with E-state index in [0.29, 0.717) is 31.2 Å². The zero-order valence-corrected chi connectivity index (χ0v) is 12.9. The Balaban J connectivity index is 1.89. The van der Waals surface area contributed by atoms with Crippen molar-refractivity contribution in [2.75, 3.05) is 19.8 Å². The first-order valence-electron chi connectivity index (χ1n) is 7.73. The van der Waals surface area contributed by atoms with E-state index in [1.165, 1.54) is 6.20 Å². The number of nitrogens with zero attached hydrogens (tertiary/aromatic N) is 1. The predicted octanol–water partition coefficient (Wildman–Crippen LogP) is 1.23. The normalized spacial score (nSPS) is 15.5. The standard InChI is InChI=1S/C16H19N3O4/c1-2-23-13-4-3-12-14(19-13)15(20)11(9-17-12)16(21)18-10-5-7-22-8-6-10/h3-4,9-10H,2,5-8H2,1H3,(H,17,20)(H,18,21). The molecule has 1 amide bonds. The summed E-state index contributed by atoms with van der Waals surface area (Å²) in [4.78, 5) is 32.0. The van der Waals surface area contributed by atoms with E-state index >= 15 is 0 Å². The Morgan fingerprint density at radius 1 is 1.43 bits per heavy atom. The van der Waals surface area contributed by atoms with Crippen molar-refractivity contribution >= 4 is 16.9 Å². The molecular formula is C16H19N3O4. The van der Waals surface area contributed by atoms with Gasteiger partial charge in [0.05, 0.1) is 12.1 Å². The molecule has 0 aromatic carbocycles. The van der Waals surface area contributed by atoms with Crippen LogP contribution in [0.4, 0.5) is 0 Å². The van der Waals surface area contributed by atoms with Gasteiger partial charge in [0.2, 0.25) is 11.3 Å². The van der Waals surface area contributed by atoms with Gasteiger partial charge >= 0.3 is 0 Å². The van der Waals surface area contributed by atoms with E-state index in [0.717, 1.165) is 12.8 Å². The molecule has 1 aliphatic heterocycles. The van der Waals surface area contributed by atoms with Crippen molar-refractivity contribution in [3.8, 4) is 5.88 Å². The molecule has 0 unspecified atom stereocenters. The first-order chi connectivity index (χ1) is 11.2. The lowest BCUT2D eigenvalue weighted by atomic mass is 10.1. The number of nitrogens with one attached hydrogen (secondary N) is 2. The Morgan fingerprint density at radius 2 is 2.22 bits per heavy atom. The third-order valence-electron chi connectivity index (χ3n) is 3.79. The molecule has 2 aromatic rings. The van der Waals surface area contributed by atoms with Crippen LogP contribution in [0.5, 0.6) is 5.88 Å². The maximum Gasteiger partial charge on any atom is 0.257 e. The second-order valence-corrected chi connectivity index (χ2v) is 5.37. The number of fused-ring (bicyclic) bond motifs is 1. The Bertz CT molecular complexity index is 765. The molecule has 2 aromatic heterocycles. The van der Waals surface area contributed by atoms with Crippen molar-refractivity contribution in [3.05, 3.63) is 34.1 Å². The predicted molar refractivity (Wildman–Crippen MR) is 84.8 cm³/mol. The van der Waals surface area contributed by atoms with Crippen LogP contribution >= 0.6 is 0 Å². The third kappa shape index (κ3) is 3.34. The molecule has 23 heavy (non-hydrogen) atoms. The lowest BCUT2D eigenvalue weighted by Crippen LogP contribution is -2.40. The number of pyridine rings is 2. The number of aromatic nitrogens is 2. The molecule has 0 aliphatic carbocycles. The second-order valence-electron chi connectivity index (χ2n) is 5.37. The molecule has 0 bridgehead atoms. The summed E-state index contributed by atoms with van der Waals surface area (Å²) in [6, 6.07) is 3.44. The van der Waals surface area contributed by atoms with Crippen molar-refractivity contribution < 1.29 is 14.3 Å². The van der Waals surface area contributed by atoms with E-state index in [2.05, 4.69) is 15.3 Å². The fraction of sp³-hybridized carbons (Fsp3) is 0.438. The smallest absolute Gasteiger partial charge is 0.257 e. The van der Waals surface area contributed by atoms with Crippen LogP contribution in [0.25, 0.3) is 11.0 Å². The van der Waals surface area contributed by atoms with Gasteiger partial charge in [-0.05, 0) is 25.8 Å². The molecule has 0 spiro atoms. The van der Waals surface area contributed by atoms with Gasteiger partial charge in [-0.2, -0.15) is 0 Å². The Labute approximate surface area is 133 Å². The number of amides is 1. The molecule has 122 valence electrons. The molecule has 0 radical (unpaired) electrons. The van der Waals surface area contributed by atoms with Crippen LogP contribution < -0.4 is 15.5 Å². The average Bonchev–Trinajstić information content (AvgIpc) is 2.57. The molecule has 3 heterocycles. The Hall–Kier alpha value is -2.41. The summed E-state index contributed by atoms with van der Waals surface area (Å²) in [5.41, 5.74) is 0.437. The SMILES string of the molecule is CCOc1ccc2[nH]cc(C(=O)NC3CCOCC3)c(=O)c2n1. The highest BCUT2D eigenvalue weighted by molar-refractivity contribution is 5.96. The highest BCUT2D eigenvalue weighted by Crippen LogP contribution is 2.13. The number of aromatic amines is 1. The van der Waals surface area contributed by atoms with E-state index in [-0.39, 0.29) is 23.0 Å². The number of rotatable bonds is 4. The van der Waals surface area contributed by atoms with Gasteiger partial charge in [0.1, 0.15) is 11.1 Å². The molecule has 0 saturated carbocycles. The summed E-state index contributed by atoms with van der Waals surface area (Å²) in [7, 11) is 0. The lowest BCUT2D eigenvalue weighted by molar-refractivity contribution is 0.0696. The van der Waals surface area contributed by atoms with Crippen molar-refractivity contribution in [1.82, 2.24) is 15.3 Å². The van der Waals surface area contributed by atoms with Gasteiger partial charge in [0.15, 0.2) is 0 Å². The van der Waals surface area contributed by atoms with E-state index in [1.54, 1.807) is 12.1 Å². The van der Waals surface area contributed by atoms with Crippen LogP contribution in [0.3, 0.4) is 0 Å². The fourth-order valence-electron chi connectivity index (χ4n) is 2.58. The van der Waals surface area contributed by atoms with Gasteiger partial charge in [-0.15, -0.1) is 0 Å². The fourth-order valence-corrected chi connectivity index (χ4v) is 2.58. The summed E-state index contributed by atoms with van der Waals surface area (Å²) >= 11 is 0. The zero-order valence-electron chi connectivity index (χ0n) is 12.9. The van der Waals surface area contributed by atoms with Crippen molar-refractivity contribution in [3.63, 3.8) is 0 Å². The average molecular weight is 317 g/mol. The quantitative estimate of drug-likeness (QED) is 0.884. The molecule has 7 heteroatoms. The maximum absolute atomic E-state index is 12.5. The van der Waals surface area contributed by atoms with E-state index in [4.69, 9.17) is 9.47 Å². The minimum atomic E-state index is -0.398. The van der Waals surface area contributed by atoms with Crippen molar-refractivity contribution in [2.24, 2.45) is 0 Å². The first kappa shape index (κ1) is 15.5. The summed E-state index contributed by atoms with van der Waals surface area (Å²) in [6.45, 7) is 3.55. The van der Waals surface area contributed by atoms with Gasteiger partial charge in [-0.1, -0.05) is 0 Å². The van der Waals surface area contributed by atoms with Gasteiger partial charge in [0, 0.05) is 31.5 Å². The van der Waals surface area contributed by atoms with E-state index in [9.17, 15) is 9.59 Å². The van der Waals surface area contributed by atoms with Gasteiger partial charge in [-0.3, -0.25) is 9.59 Å². The van der Waals surface area contributed by atoms with Crippen LogP contribution in [-0.2, 0) is 4.74 Å². The topological polar surface area (TPSA) is 93.3 Å². The largest absolute Gasteiger partial charge is 0.478 e. The van der Waals surface area contributed by atoms with E-state index < -0.39 is 5.43 Å². The Kier molecular flexibility index (Phi) is 4.57.